The molecule has 0 saturated heterocycles. The minimum atomic E-state index is -0.487. The molecule has 3 rings (SSSR count). The quantitative estimate of drug-likeness (QED) is 0.283. The van der Waals surface area contributed by atoms with E-state index in [2.05, 4.69) is 5.32 Å². The van der Waals surface area contributed by atoms with E-state index < -0.39 is 5.91 Å². The Hall–Kier alpha value is -3.80. The third-order valence-electron chi connectivity index (χ3n) is 4.28. The van der Waals surface area contributed by atoms with E-state index in [1.807, 2.05) is 36.4 Å². The number of hydrogen-bond acceptors (Lipinski definition) is 5. The van der Waals surface area contributed by atoms with Gasteiger partial charge in [-0.05, 0) is 35.4 Å². The summed E-state index contributed by atoms with van der Waals surface area (Å²) in [5.41, 5.74) is 8.81. The molecule has 0 heterocycles. The lowest BCUT2D eigenvalue weighted by Gasteiger charge is -2.10. The summed E-state index contributed by atoms with van der Waals surface area (Å²) >= 11 is 0. The van der Waals surface area contributed by atoms with Crippen LogP contribution in [-0.4, -0.2) is 21.9 Å². The zero-order valence-corrected chi connectivity index (χ0v) is 15.1. The molecule has 3 aromatic carbocycles. The fourth-order valence-corrected chi connectivity index (χ4v) is 2.76. The first-order valence-electron chi connectivity index (χ1n) is 8.73. The monoisotopic (exact) mass is 376 g/mol. The van der Waals surface area contributed by atoms with Gasteiger partial charge in [0.1, 0.15) is 11.5 Å². The number of aromatic hydroxyl groups is 2. The molecule has 5 N–H and O–H groups in total. The normalized spacial score (nSPS) is 10.4. The third-order valence-corrected chi connectivity index (χ3v) is 4.28. The Morgan fingerprint density at radius 2 is 1.43 bits per heavy atom. The fraction of sp³-hybridized carbons (Fsp3) is 0.0909. The SMILES string of the molecule is NC(=O)CCC(=O)c1ccc(-c2ccc(Nc3ccc(O)cc3O)cc2)cc1. The Morgan fingerprint density at radius 3 is 2.00 bits per heavy atom. The molecule has 3 aromatic rings. The van der Waals surface area contributed by atoms with Gasteiger partial charge in [-0.3, -0.25) is 9.59 Å². The van der Waals surface area contributed by atoms with E-state index in [-0.39, 0.29) is 30.1 Å². The first kappa shape index (κ1) is 19.0. The van der Waals surface area contributed by atoms with Crippen LogP contribution in [0.2, 0.25) is 0 Å². The molecule has 0 atom stereocenters. The van der Waals surface area contributed by atoms with Gasteiger partial charge in [0.05, 0.1) is 5.69 Å². The largest absolute Gasteiger partial charge is 0.508 e. The highest BCUT2D eigenvalue weighted by atomic mass is 16.3. The molecule has 0 aromatic heterocycles. The molecule has 0 aliphatic rings. The van der Waals surface area contributed by atoms with Crippen molar-refractivity contribution in [2.24, 2.45) is 5.73 Å². The number of Topliss-reactive ketones (excluding diaryl/α,β-unsaturated/α-hetero) is 1. The number of phenolic OH excluding ortho intramolecular Hbond substituents is 2. The number of phenols is 2. The summed E-state index contributed by atoms with van der Waals surface area (Å²) in [6, 6.07) is 19.1. The summed E-state index contributed by atoms with van der Waals surface area (Å²) in [4.78, 5) is 22.8. The van der Waals surface area contributed by atoms with Gasteiger partial charge in [-0.2, -0.15) is 0 Å². The van der Waals surface area contributed by atoms with E-state index in [9.17, 15) is 19.8 Å². The second-order valence-electron chi connectivity index (χ2n) is 6.37. The van der Waals surface area contributed by atoms with Crippen LogP contribution in [0.15, 0.2) is 66.7 Å². The molecule has 28 heavy (non-hydrogen) atoms. The molecular weight excluding hydrogens is 356 g/mol. The van der Waals surface area contributed by atoms with E-state index >= 15 is 0 Å². The molecule has 0 bridgehead atoms. The summed E-state index contributed by atoms with van der Waals surface area (Å²) in [6.07, 6.45) is 0.158. The highest BCUT2D eigenvalue weighted by Gasteiger charge is 2.08. The third kappa shape index (κ3) is 4.67. The van der Waals surface area contributed by atoms with E-state index in [0.29, 0.717) is 11.3 Å². The number of benzene rings is 3. The van der Waals surface area contributed by atoms with Crippen molar-refractivity contribution in [3.05, 3.63) is 72.3 Å². The Balaban J connectivity index is 1.69. The van der Waals surface area contributed by atoms with Crippen molar-refractivity contribution < 1.29 is 19.8 Å². The maximum Gasteiger partial charge on any atom is 0.217 e. The number of amides is 1. The summed E-state index contributed by atoms with van der Waals surface area (Å²) in [5.74, 6) is -0.645. The van der Waals surface area contributed by atoms with Gasteiger partial charge < -0.3 is 21.3 Å². The van der Waals surface area contributed by atoms with Crippen molar-refractivity contribution in [2.75, 3.05) is 5.32 Å². The zero-order chi connectivity index (χ0) is 20.1. The molecule has 0 spiro atoms. The topological polar surface area (TPSA) is 113 Å². The van der Waals surface area contributed by atoms with E-state index in [4.69, 9.17) is 5.73 Å². The second-order valence-corrected chi connectivity index (χ2v) is 6.37. The molecule has 0 fully saturated rings. The van der Waals surface area contributed by atoms with Crippen LogP contribution in [0.3, 0.4) is 0 Å². The Kier molecular flexibility index (Phi) is 5.60. The van der Waals surface area contributed by atoms with Gasteiger partial charge in [0.25, 0.3) is 0 Å². The number of nitrogens with two attached hydrogens (primary N) is 1. The number of carbonyl (C=O) groups excluding carboxylic acids is 2. The molecule has 0 aliphatic carbocycles. The van der Waals surface area contributed by atoms with Gasteiger partial charge in [-0.1, -0.05) is 36.4 Å². The number of carbonyl (C=O) groups is 2. The molecule has 0 unspecified atom stereocenters. The number of hydrogen-bond donors (Lipinski definition) is 4. The van der Waals surface area contributed by atoms with Crippen molar-refractivity contribution in [1.29, 1.82) is 0 Å². The number of ketones is 1. The van der Waals surface area contributed by atoms with Gasteiger partial charge >= 0.3 is 0 Å². The van der Waals surface area contributed by atoms with Crippen LogP contribution in [-0.2, 0) is 4.79 Å². The molecule has 6 nitrogen and oxygen atoms in total. The number of nitrogens with one attached hydrogen (secondary N) is 1. The predicted octanol–water partition coefficient (Wildman–Crippen LogP) is 3.96. The van der Waals surface area contributed by atoms with Crippen LogP contribution in [0.5, 0.6) is 11.5 Å². The van der Waals surface area contributed by atoms with Crippen molar-refractivity contribution in [2.45, 2.75) is 12.8 Å². The van der Waals surface area contributed by atoms with Crippen LogP contribution >= 0.6 is 0 Å². The minimum absolute atomic E-state index is 0.00467. The van der Waals surface area contributed by atoms with Crippen molar-refractivity contribution in [3.63, 3.8) is 0 Å². The average Bonchev–Trinajstić information content (AvgIpc) is 2.69. The molecule has 0 radical (unpaired) electrons. The molecule has 0 saturated carbocycles. The van der Waals surface area contributed by atoms with Crippen LogP contribution < -0.4 is 11.1 Å². The Labute approximate surface area is 162 Å². The highest BCUT2D eigenvalue weighted by Crippen LogP contribution is 2.31. The first-order valence-corrected chi connectivity index (χ1v) is 8.73. The molecule has 0 aliphatic heterocycles. The van der Waals surface area contributed by atoms with Crippen LogP contribution in [0, 0.1) is 0 Å². The highest BCUT2D eigenvalue weighted by molar-refractivity contribution is 5.98. The van der Waals surface area contributed by atoms with Crippen molar-refractivity contribution in [3.8, 4) is 22.6 Å². The van der Waals surface area contributed by atoms with Gasteiger partial charge in [-0.25, -0.2) is 0 Å². The van der Waals surface area contributed by atoms with Gasteiger partial charge in [-0.15, -0.1) is 0 Å². The summed E-state index contributed by atoms with van der Waals surface area (Å²) in [6.45, 7) is 0. The lowest BCUT2D eigenvalue weighted by Crippen LogP contribution is -2.12. The van der Waals surface area contributed by atoms with Crippen LogP contribution in [0.1, 0.15) is 23.2 Å². The van der Waals surface area contributed by atoms with Crippen LogP contribution in [0.4, 0.5) is 11.4 Å². The summed E-state index contributed by atoms with van der Waals surface area (Å²) in [7, 11) is 0. The lowest BCUT2D eigenvalue weighted by molar-refractivity contribution is -0.118. The number of anilines is 2. The number of primary amides is 1. The van der Waals surface area contributed by atoms with E-state index in [0.717, 1.165) is 16.8 Å². The average molecular weight is 376 g/mol. The minimum Gasteiger partial charge on any atom is -0.508 e. The van der Waals surface area contributed by atoms with Crippen molar-refractivity contribution in [1.82, 2.24) is 0 Å². The predicted molar refractivity (Wildman–Crippen MR) is 108 cm³/mol. The Morgan fingerprint density at radius 1 is 0.821 bits per heavy atom. The van der Waals surface area contributed by atoms with Crippen LogP contribution in [0.25, 0.3) is 11.1 Å². The summed E-state index contributed by atoms with van der Waals surface area (Å²) in [5, 5.41) is 22.3. The zero-order valence-electron chi connectivity index (χ0n) is 15.1. The maximum atomic E-state index is 12.0. The number of rotatable bonds is 7. The maximum absolute atomic E-state index is 12.0. The van der Waals surface area contributed by atoms with Gasteiger partial charge in [0, 0.05) is 30.2 Å². The smallest absolute Gasteiger partial charge is 0.217 e. The summed E-state index contributed by atoms with van der Waals surface area (Å²) < 4.78 is 0. The molecule has 142 valence electrons. The standard InChI is InChI=1S/C22H20N2O4/c23-22(28)12-11-20(26)16-3-1-14(2-4-16)15-5-7-17(8-6-15)24-19-10-9-18(25)13-21(19)27/h1-10,13,24-25,27H,11-12H2,(H2,23,28). The molecule has 1 amide bonds. The van der Waals surface area contributed by atoms with Gasteiger partial charge in [0.15, 0.2) is 5.78 Å². The van der Waals surface area contributed by atoms with E-state index in [1.54, 1.807) is 18.2 Å². The Bertz CT molecular complexity index is 996. The molecular formula is C22H20N2O4. The van der Waals surface area contributed by atoms with E-state index in [1.165, 1.54) is 12.1 Å². The fourth-order valence-electron chi connectivity index (χ4n) is 2.76. The first-order chi connectivity index (χ1) is 13.4. The second kappa shape index (κ2) is 8.26. The van der Waals surface area contributed by atoms with Crippen molar-refractivity contribution >= 4 is 23.1 Å². The lowest BCUT2D eigenvalue weighted by atomic mass is 10.0. The van der Waals surface area contributed by atoms with Gasteiger partial charge in [0.2, 0.25) is 5.91 Å². The molecule has 6 heteroatoms.